The minimum atomic E-state index is -0.128. The molecule has 2 heteroatoms. The zero-order valence-electron chi connectivity index (χ0n) is 8.30. The smallest absolute Gasteiger partial charge is 0.128 e. The van der Waals surface area contributed by atoms with Gasteiger partial charge in [0.25, 0.3) is 0 Å². The molecule has 0 saturated heterocycles. The number of hydrogen-bond acceptors (Lipinski definition) is 1. The molecule has 1 nitrogen and oxygen atoms in total. The molecule has 0 aliphatic heterocycles. The van der Waals surface area contributed by atoms with Crippen LogP contribution in [0.2, 0.25) is 0 Å². The third-order valence-corrected chi connectivity index (χ3v) is 3.07. The molecule has 0 atom stereocenters. The number of halogens is 1. The topological polar surface area (TPSA) is 26.0 Å². The van der Waals surface area contributed by atoms with Crippen molar-refractivity contribution in [3.63, 3.8) is 0 Å². The molecule has 2 N–H and O–H groups in total. The quantitative estimate of drug-likeness (QED) is 0.679. The van der Waals surface area contributed by atoms with Gasteiger partial charge < -0.3 is 5.73 Å². The summed E-state index contributed by atoms with van der Waals surface area (Å²) in [6.45, 7) is 0. The van der Waals surface area contributed by atoms with Crippen molar-refractivity contribution < 1.29 is 4.39 Å². The van der Waals surface area contributed by atoms with Gasteiger partial charge in [-0.05, 0) is 36.5 Å². The normalized spacial score (nSPS) is 18.4. The summed E-state index contributed by atoms with van der Waals surface area (Å²) in [5.74, 6) is 0.293. The Morgan fingerprint density at radius 3 is 2.50 bits per heavy atom. The van der Waals surface area contributed by atoms with E-state index in [1.54, 1.807) is 6.07 Å². The molecule has 1 aromatic carbocycles. The second kappa shape index (κ2) is 3.99. The average Bonchev–Trinajstić information content (AvgIpc) is 2.19. The number of rotatable bonds is 1. The van der Waals surface area contributed by atoms with Crippen LogP contribution >= 0.6 is 0 Å². The lowest BCUT2D eigenvalue weighted by Crippen LogP contribution is -2.06. The van der Waals surface area contributed by atoms with Gasteiger partial charge in [0.2, 0.25) is 0 Å². The van der Waals surface area contributed by atoms with E-state index < -0.39 is 0 Å². The highest BCUT2D eigenvalue weighted by Gasteiger charge is 2.18. The van der Waals surface area contributed by atoms with Crippen molar-refractivity contribution in [3.05, 3.63) is 29.6 Å². The van der Waals surface area contributed by atoms with Crippen LogP contribution in [0.4, 0.5) is 10.1 Å². The van der Waals surface area contributed by atoms with Crippen molar-refractivity contribution in [1.29, 1.82) is 0 Å². The first-order chi connectivity index (χ1) is 6.77. The Kier molecular flexibility index (Phi) is 2.71. The molecule has 0 radical (unpaired) electrons. The third-order valence-electron chi connectivity index (χ3n) is 3.07. The van der Waals surface area contributed by atoms with E-state index in [0.717, 1.165) is 18.4 Å². The first-order valence-electron chi connectivity index (χ1n) is 5.32. The molecule has 1 aliphatic rings. The maximum Gasteiger partial charge on any atom is 0.128 e. The molecule has 1 fully saturated rings. The van der Waals surface area contributed by atoms with Crippen LogP contribution in [0.15, 0.2) is 18.2 Å². The van der Waals surface area contributed by atoms with Crippen molar-refractivity contribution in [2.75, 3.05) is 5.73 Å². The molecule has 2 rings (SSSR count). The molecule has 0 amide bonds. The lowest BCUT2D eigenvalue weighted by molar-refractivity contribution is 0.430. The van der Waals surface area contributed by atoms with Crippen LogP contribution in [0.1, 0.15) is 43.6 Å². The number of anilines is 1. The molecular formula is C12H16FN. The number of benzene rings is 1. The summed E-state index contributed by atoms with van der Waals surface area (Å²) in [4.78, 5) is 0. The summed E-state index contributed by atoms with van der Waals surface area (Å²) in [6, 6.07) is 5.08. The summed E-state index contributed by atoms with van der Waals surface area (Å²) >= 11 is 0. The fourth-order valence-electron chi connectivity index (χ4n) is 2.29. The van der Waals surface area contributed by atoms with E-state index in [-0.39, 0.29) is 5.82 Å². The molecule has 0 aromatic heterocycles. The largest absolute Gasteiger partial charge is 0.399 e. The molecule has 0 bridgehead atoms. The van der Waals surface area contributed by atoms with Crippen LogP contribution in [-0.4, -0.2) is 0 Å². The maximum absolute atomic E-state index is 13.6. The van der Waals surface area contributed by atoms with Gasteiger partial charge in [0.05, 0.1) is 0 Å². The molecule has 0 heterocycles. The molecule has 1 aliphatic carbocycles. The number of nitrogen functional groups attached to an aromatic ring is 1. The van der Waals surface area contributed by atoms with E-state index in [2.05, 4.69) is 0 Å². The van der Waals surface area contributed by atoms with Gasteiger partial charge in [0.1, 0.15) is 5.82 Å². The van der Waals surface area contributed by atoms with Crippen LogP contribution < -0.4 is 5.73 Å². The lowest BCUT2D eigenvalue weighted by atomic mass is 9.84. The molecular weight excluding hydrogens is 177 g/mol. The van der Waals surface area contributed by atoms with Gasteiger partial charge in [-0.1, -0.05) is 25.3 Å². The minimum Gasteiger partial charge on any atom is -0.399 e. The van der Waals surface area contributed by atoms with E-state index in [1.807, 2.05) is 6.07 Å². The number of nitrogens with two attached hydrogens (primary N) is 1. The Balaban J connectivity index is 2.22. The van der Waals surface area contributed by atoms with Gasteiger partial charge in [-0.2, -0.15) is 0 Å². The Hall–Kier alpha value is -1.05. The minimum absolute atomic E-state index is 0.128. The first kappa shape index (κ1) is 9.50. The van der Waals surface area contributed by atoms with E-state index in [1.165, 1.54) is 25.3 Å². The molecule has 0 spiro atoms. The second-order valence-corrected chi connectivity index (χ2v) is 4.12. The predicted molar refractivity (Wildman–Crippen MR) is 56.6 cm³/mol. The Morgan fingerprint density at radius 1 is 1.14 bits per heavy atom. The zero-order chi connectivity index (χ0) is 9.97. The molecule has 1 aromatic rings. The van der Waals surface area contributed by atoms with Crippen molar-refractivity contribution in [3.8, 4) is 0 Å². The van der Waals surface area contributed by atoms with Gasteiger partial charge >= 0.3 is 0 Å². The zero-order valence-corrected chi connectivity index (χ0v) is 8.30. The fraction of sp³-hybridized carbons (Fsp3) is 0.500. The fourth-order valence-corrected chi connectivity index (χ4v) is 2.29. The Morgan fingerprint density at radius 2 is 1.86 bits per heavy atom. The number of hydrogen-bond donors (Lipinski definition) is 1. The predicted octanol–water partition coefficient (Wildman–Crippen LogP) is 3.46. The van der Waals surface area contributed by atoms with Crippen LogP contribution in [-0.2, 0) is 0 Å². The maximum atomic E-state index is 13.6. The highest BCUT2D eigenvalue weighted by atomic mass is 19.1. The van der Waals surface area contributed by atoms with Crippen LogP contribution in [0, 0.1) is 5.82 Å². The highest BCUT2D eigenvalue weighted by molar-refractivity contribution is 5.41. The van der Waals surface area contributed by atoms with Gasteiger partial charge in [-0.15, -0.1) is 0 Å². The van der Waals surface area contributed by atoms with Crippen molar-refractivity contribution in [1.82, 2.24) is 0 Å². The van der Waals surface area contributed by atoms with Crippen LogP contribution in [0.3, 0.4) is 0 Å². The molecule has 76 valence electrons. The SMILES string of the molecule is Nc1ccc(C2CCCCC2)c(F)c1. The van der Waals surface area contributed by atoms with E-state index in [4.69, 9.17) is 5.73 Å². The summed E-state index contributed by atoms with van der Waals surface area (Å²) in [5, 5.41) is 0. The van der Waals surface area contributed by atoms with Crippen molar-refractivity contribution in [2.24, 2.45) is 0 Å². The van der Waals surface area contributed by atoms with Gasteiger partial charge in [-0.25, -0.2) is 4.39 Å². The van der Waals surface area contributed by atoms with Crippen LogP contribution in [0.25, 0.3) is 0 Å². The third kappa shape index (κ3) is 1.89. The average molecular weight is 193 g/mol. The molecule has 14 heavy (non-hydrogen) atoms. The Labute approximate surface area is 84.1 Å². The highest BCUT2D eigenvalue weighted by Crippen LogP contribution is 2.34. The summed E-state index contributed by atoms with van der Waals surface area (Å²) in [7, 11) is 0. The summed E-state index contributed by atoms with van der Waals surface area (Å²) in [6.07, 6.45) is 6.01. The van der Waals surface area contributed by atoms with Crippen LogP contribution in [0.5, 0.6) is 0 Å². The Bertz CT molecular complexity index is 316. The van der Waals surface area contributed by atoms with E-state index in [9.17, 15) is 4.39 Å². The van der Waals surface area contributed by atoms with Crippen molar-refractivity contribution >= 4 is 5.69 Å². The van der Waals surface area contributed by atoms with Crippen molar-refractivity contribution in [2.45, 2.75) is 38.0 Å². The standard InChI is InChI=1S/C12H16FN/c13-12-8-10(14)6-7-11(12)9-4-2-1-3-5-9/h6-9H,1-5,14H2. The van der Waals surface area contributed by atoms with Gasteiger partial charge in [-0.3, -0.25) is 0 Å². The van der Waals surface area contributed by atoms with Gasteiger partial charge in [0.15, 0.2) is 0 Å². The first-order valence-corrected chi connectivity index (χ1v) is 5.32. The molecule has 0 unspecified atom stereocenters. The van der Waals surface area contributed by atoms with E-state index in [0.29, 0.717) is 11.6 Å². The summed E-state index contributed by atoms with van der Waals surface area (Å²) in [5.41, 5.74) is 6.89. The monoisotopic (exact) mass is 193 g/mol. The molecule has 1 saturated carbocycles. The second-order valence-electron chi connectivity index (χ2n) is 4.12. The lowest BCUT2D eigenvalue weighted by Gasteiger charge is -2.22. The summed E-state index contributed by atoms with van der Waals surface area (Å²) < 4.78 is 13.6. The van der Waals surface area contributed by atoms with Gasteiger partial charge in [0, 0.05) is 5.69 Å². The van der Waals surface area contributed by atoms with E-state index >= 15 is 0 Å².